The van der Waals surface area contributed by atoms with Crippen LogP contribution in [0.2, 0.25) is 0 Å². The molecule has 2 saturated heterocycles. The number of aliphatic hydroxyl groups excluding tert-OH is 1. The third-order valence-electron chi connectivity index (χ3n) is 5.65. The Balaban J connectivity index is 1.45. The van der Waals surface area contributed by atoms with Crippen molar-refractivity contribution in [2.24, 2.45) is 11.8 Å². The maximum atomic E-state index is 10.9. The molecule has 0 amide bonds. The van der Waals surface area contributed by atoms with E-state index in [-0.39, 0.29) is 11.7 Å². The molecule has 0 saturated carbocycles. The van der Waals surface area contributed by atoms with Crippen LogP contribution in [0.5, 0.6) is 0 Å². The highest BCUT2D eigenvalue weighted by molar-refractivity contribution is 7.99. The number of rotatable bonds is 2. The fourth-order valence-corrected chi connectivity index (χ4v) is 5.82. The molecule has 0 aromatic heterocycles. The van der Waals surface area contributed by atoms with Crippen molar-refractivity contribution in [3.05, 3.63) is 35.4 Å². The van der Waals surface area contributed by atoms with Crippen LogP contribution >= 0.6 is 11.8 Å². The van der Waals surface area contributed by atoms with E-state index in [1.54, 1.807) is 0 Å². The Kier molecular flexibility index (Phi) is 3.76. The van der Waals surface area contributed by atoms with Crippen molar-refractivity contribution < 1.29 is 9.84 Å². The third-order valence-corrected chi connectivity index (χ3v) is 6.87. The van der Waals surface area contributed by atoms with Crippen LogP contribution in [-0.2, 0) is 17.6 Å². The molecule has 1 aliphatic carbocycles. The molecule has 114 valence electrons. The molecule has 1 aromatic carbocycles. The maximum Gasteiger partial charge on any atom is 0.0783 e. The molecule has 4 rings (SSSR count). The standard InChI is InChI=1S/C18H24O2S/c19-17(16-9-13-3-1-2-4-14(13)10-16)15-5-7-20-18(11-15)6-8-21-12-18/h1-4,15-17,19H,5-12H2. The van der Waals surface area contributed by atoms with Crippen LogP contribution in [0, 0.1) is 11.8 Å². The number of thioether (sulfide) groups is 1. The molecular weight excluding hydrogens is 280 g/mol. The van der Waals surface area contributed by atoms with Gasteiger partial charge in [0.05, 0.1) is 11.7 Å². The molecule has 2 nitrogen and oxygen atoms in total. The quantitative estimate of drug-likeness (QED) is 0.910. The molecule has 3 heteroatoms. The molecule has 21 heavy (non-hydrogen) atoms. The Hall–Kier alpha value is -0.510. The predicted octanol–water partition coefficient (Wildman–Crippen LogP) is 3.06. The summed E-state index contributed by atoms with van der Waals surface area (Å²) in [7, 11) is 0. The van der Waals surface area contributed by atoms with Crippen LogP contribution in [0.15, 0.2) is 24.3 Å². The van der Waals surface area contributed by atoms with Crippen molar-refractivity contribution in [2.75, 3.05) is 18.1 Å². The van der Waals surface area contributed by atoms with Crippen LogP contribution in [-0.4, -0.2) is 34.9 Å². The van der Waals surface area contributed by atoms with Gasteiger partial charge in [0.2, 0.25) is 0 Å². The largest absolute Gasteiger partial charge is 0.393 e. The summed E-state index contributed by atoms with van der Waals surface area (Å²) >= 11 is 2.01. The minimum absolute atomic E-state index is 0.0834. The van der Waals surface area contributed by atoms with Crippen LogP contribution < -0.4 is 0 Å². The first-order valence-corrected chi connectivity index (χ1v) is 9.38. The zero-order valence-electron chi connectivity index (χ0n) is 12.5. The lowest BCUT2D eigenvalue weighted by molar-refractivity contribution is -0.108. The lowest BCUT2D eigenvalue weighted by Crippen LogP contribution is -2.45. The van der Waals surface area contributed by atoms with Gasteiger partial charge in [-0.25, -0.2) is 0 Å². The smallest absolute Gasteiger partial charge is 0.0783 e. The van der Waals surface area contributed by atoms with E-state index >= 15 is 0 Å². The van der Waals surface area contributed by atoms with Gasteiger partial charge in [-0.05, 0) is 60.8 Å². The summed E-state index contributed by atoms with van der Waals surface area (Å²) in [4.78, 5) is 0. The Bertz CT molecular complexity index is 485. The van der Waals surface area contributed by atoms with Crippen LogP contribution in [0.4, 0.5) is 0 Å². The van der Waals surface area contributed by atoms with E-state index in [2.05, 4.69) is 24.3 Å². The molecule has 1 aromatic rings. The van der Waals surface area contributed by atoms with Gasteiger partial charge in [0.25, 0.3) is 0 Å². The van der Waals surface area contributed by atoms with Gasteiger partial charge < -0.3 is 9.84 Å². The zero-order chi connectivity index (χ0) is 14.3. The number of fused-ring (bicyclic) bond motifs is 1. The Morgan fingerprint density at radius 3 is 2.62 bits per heavy atom. The molecule has 1 N–H and O–H groups in total. The van der Waals surface area contributed by atoms with Crippen molar-refractivity contribution in [1.29, 1.82) is 0 Å². The second-order valence-electron chi connectivity index (χ2n) is 7.01. The van der Waals surface area contributed by atoms with E-state index in [0.717, 1.165) is 38.0 Å². The van der Waals surface area contributed by atoms with E-state index in [9.17, 15) is 5.11 Å². The van der Waals surface area contributed by atoms with Gasteiger partial charge in [-0.15, -0.1) is 0 Å². The fourth-order valence-electron chi connectivity index (χ4n) is 4.44. The molecule has 0 bridgehead atoms. The second-order valence-corrected chi connectivity index (χ2v) is 8.12. The summed E-state index contributed by atoms with van der Waals surface area (Å²) in [6.45, 7) is 0.835. The molecular formula is C18H24O2S. The topological polar surface area (TPSA) is 29.5 Å². The fraction of sp³-hybridized carbons (Fsp3) is 0.667. The van der Waals surface area contributed by atoms with Crippen molar-refractivity contribution in [2.45, 2.75) is 43.8 Å². The van der Waals surface area contributed by atoms with Crippen LogP contribution in [0.3, 0.4) is 0 Å². The average molecular weight is 304 g/mol. The number of benzene rings is 1. The van der Waals surface area contributed by atoms with Crippen molar-refractivity contribution in [3.63, 3.8) is 0 Å². The van der Waals surface area contributed by atoms with Gasteiger partial charge in [0.1, 0.15) is 0 Å². The second kappa shape index (κ2) is 5.60. The van der Waals surface area contributed by atoms with Gasteiger partial charge in [-0.3, -0.25) is 0 Å². The first-order chi connectivity index (χ1) is 10.3. The SMILES string of the molecule is OC(C1Cc2ccccc2C1)C1CCOC2(CCSC2)C1. The van der Waals surface area contributed by atoms with Gasteiger partial charge in [-0.2, -0.15) is 11.8 Å². The van der Waals surface area contributed by atoms with Crippen molar-refractivity contribution >= 4 is 11.8 Å². The van der Waals surface area contributed by atoms with Crippen molar-refractivity contribution in [3.8, 4) is 0 Å². The number of hydrogen-bond acceptors (Lipinski definition) is 3. The summed E-state index contributed by atoms with van der Waals surface area (Å²) < 4.78 is 6.10. The third kappa shape index (κ3) is 2.64. The zero-order valence-corrected chi connectivity index (χ0v) is 13.3. The summed E-state index contributed by atoms with van der Waals surface area (Å²) in [6.07, 6.45) is 5.20. The average Bonchev–Trinajstić information content (AvgIpc) is 3.13. The number of hydrogen-bond donors (Lipinski definition) is 1. The van der Waals surface area contributed by atoms with E-state index < -0.39 is 0 Å². The lowest BCUT2D eigenvalue weighted by Gasteiger charge is -2.40. The first-order valence-electron chi connectivity index (χ1n) is 8.22. The first kappa shape index (κ1) is 14.1. The van der Waals surface area contributed by atoms with E-state index in [4.69, 9.17) is 4.74 Å². The minimum Gasteiger partial charge on any atom is -0.393 e. The summed E-state index contributed by atoms with van der Waals surface area (Å²) in [5.41, 5.74) is 2.97. The predicted molar refractivity (Wildman–Crippen MR) is 86.7 cm³/mol. The van der Waals surface area contributed by atoms with Crippen molar-refractivity contribution in [1.82, 2.24) is 0 Å². The molecule has 2 heterocycles. The number of aliphatic hydroxyl groups is 1. The molecule has 3 aliphatic rings. The maximum absolute atomic E-state index is 10.9. The Labute approximate surface area is 131 Å². The van der Waals surface area contributed by atoms with Gasteiger partial charge >= 0.3 is 0 Å². The molecule has 1 spiro atoms. The Morgan fingerprint density at radius 1 is 1.19 bits per heavy atom. The highest BCUT2D eigenvalue weighted by Gasteiger charge is 2.44. The highest BCUT2D eigenvalue weighted by Crippen LogP contribution is 2.43. The monoisotopic (exact) mass is 304 g/mol. The molecule has 3 unspecified atom stereocenters. The van der Waals surface area contributed by atoms with E-state index in [0.29, 0.717) is 11.8 Å². The van der Waals surface area contributed by atoms with E-state index in [1.165, 1.54) is 23.3 Å². The summed E-state index contributed by atoms with van der Waals surface area (Å²) in [5, 5.41) is 10.9. The Morgan fingerprint density at radius 2 is 1.95 bits per heavy atom. The lowest BCUT2D eigenvalue weighted by atomic mass is 9.78. The normalized spacial score (nSPS) is 34.2. The van der Waals surface area contributed by atoms with Gasteiger partial charge in [0, 0.05) is 12.4 Å². The molecule has 0 radical (unpaired) electrons. The summed E-state index contributed by atoms with van der Waals surface area (Å²) in [5.74, 6) is 3.19. The molecule has 3 atom stereocenters. The van der Waals surface area contributed by atoms with Gasteiger partial charge in [0.15, 0.2) is 0 Å². The van der Waals surface area contributed by atoms with E-state index in [1.807, 2.05) is 11.8 Å². The van der Waals surface area contributed by atoms with Crippen LogP contribution in [0.1, 0.15) is 30.4 Å². The molecule has 2 fully saturated rings. The summed E-state index contributed by atoms with van der Waals surface area (Å²) in [6, 6.07) is 8.68. The van der Waals surface area contributed by atoms with Crippen LogP contribution in [0.25, 0.3) is 0 Å². The number of ether oxygens (including phenoxy) is 1. The minimum atomic E-state index is -0.163. The molecule has 2 aliphatic heterocycles. The highest BCUT2D eigenvalue weighted by atomic mass is 32.2. The van der Waals surface area contributed by atoms with Gasteiger partial charge in [-0.1, -0.05) is 24.3 Å².